The maximum absolute atomic E-state index is 12.2. The first-order chi connectivity index (χ1) is 19.6. The van der Waals surface area contributed by atoms with Gasteiger partial charge in [0.1, 0.15) is 0 Å². The number of carbonyl (C=O) groups is 1. The summed E-state index contributed by atoms with van der Waals surface area (Å²) < 4.78 is 0. The van der Waals surface area contributed by atoms with E-state index in [9.17, 15) is 20.1 Å². The molecule has 0 aliphatic carbocycles. The number of rotatable bonds is 32. The van der Waals surface area contributed by atoms with Crippen molar-refractivity contribution in [3.8, 4) is 0 Å². The molecule has 0 aliphatic heterocycles. The molecule has 0 fully saturated rings. The van der Waals surface area contributed by atoms with Gasteiger partial charge in [-0.3, -0.25) is 4.79 Å². The number of amides is 1. The average molecular weight is 570 g/mol. The summed E-state index contributed by atoms with van der Waals surface area (Å²) in [5.41, 5.74) is 0. The van der Waals surface area contributed by atoms with Crippen LogP contribution in [0.3, 0.4) is 0 Å². The predicted octanol–water partition coefficient (Wildman–Crippen LogP) is 9.01. The lowest BCUT2D eigenvalue weighted by Gasteiger charge is -2.25. The van der Waals surface area contributed by atoms with Gasteiger partial charge in [0.05, 0.1) is 18.8 Å². The molecule has 0 aromatic rings. The van der Waals surface area contributed by atoms with Gasteiger partial charge in [-0.2, -0.15) is 0 Å². The van der Waals surface area contributed by atoms with Gasteiger partial charge in [0.25, 0.3) is 0 Å². The molecule has 0 radical (unpaired) electrons. The smallest absolute Gasteiger partial charge is 0.220 e. The Morgan fingerprint density at radius 2 is 0.900 bits per heavy atom. The summed E-state index contributed by atoms with van der Waals surface area (Å²) in [5.74, 6) is -0.549. The molecule has 0 unspecified atom stereocenters. The van der Waals surface area contributed by atoms with Crippen molar-refractivity contribution < 1.29 is 20.1 Å². The first-order valence-electron chi connectivity index (χ1n) is 17.8. The fourth-order valence-corrected chi connectivity index (χ4v) is 5.61. The van der Waals surface area contributed by atoms with Crippen molar-refractivity contribution in [2.45, 2.75) is 199 Å². The standard InChI is InChI=1S/C35H71NO4/c1-3-5-7-9-11-13-15-17-19-21-23-25-27-29-34(39)36-30-32(31-37)35(40)33(38)28-26-24-22-20-18-16-14-12-10-8-6-4-2/h32-33,35,37-38,40H,3-31H2,1-2H3,(H,36,39)/t32-,33+,35-/m0/s1. The van der Waals surface area contributed by atoms with Crippen LogP contribution >= 0.6 is 0 Å². The summed E-state index contributed by atoms with van der Waals surface area (Å²) in [6.45, 7) is 4.49. The van der Waals surface area contributed by atoms with E-state index in [2.05, 4.69) is 19.2 Å². The van der Waals surface area contributed by atoms with Gasteiger partial charge in [-0.05, 0) is 12.8 Å². The molecule has 5 heteroatoms. The van der Waals surface area contributed by atoms with Gasteiger partial charge in [0, 0.05) is 18.9 Å². The Hall–Kier alpha value is -0.650. The number of hydrogen-bond acceptors (Lipinski definition) is 4. The fraction of sp³-hybridized carbons (Fsp3) is 0.971. The molecule has 0 rings (SSSR count). The molecule has 0 bridgehead atoms. The third kappa shape index (κ3) is 26.3. The topological polar surface area (TPSA) is 89.8 Å². The summed E-state index contributed by atoms with van der Waals surface area (Å²) in [7, 11) is 0. The molecule has 4 N–H and O–H groups in total. The molecule has 1 amide bonds. The van der Waals surface area contributed by atoms with Crippen molar-refractivity contribution in [2.75, 3.05) is 13.2 Å². The second-order valence-corrected chi connectivity index (χ2v) is 12.5. The van der Waals surface area contributed by atoms with Gasteiger partial charge in [-0.25, -0.2) is 0 Å². The Morgan fingerprint density at radius 3 is 1.27 bits per heavy atom. The lowest BCUT2D eigenvalue weighted by Crippen LogP contribution is -2.42. The molecule has 0 aliphatic rings. The van der Waals surface area contributed by atoms with Crippen molar-refractivity contribution in [3.05, 3.63) is 0 Å². The van der Waals surface area contributed by atoms with Crippen LogP contribution in [0.4, 0.5) is 0 Å². The van der Waals surface area contributed by atoms with E-state index >= 15 is 0 Å². The molecule has 5 nitrogen and oxygen atoms in total. The number of carbonyl (C=O) groups excluding carboxylic acids is 1. The van der Waals surface area contributed by atoms with Crippen LogP contribution in [0.2, 0.25) is 0 Å². The second-order valence-electron chi connectivity index (χ2n) is 12.5. The zero-order chi connectivity index (χ0) is 29.5. The highest BCUT2D eigenvalue weighted by molar-refractivity contribution is 5.75. The molecular formula is C35H71NO4. The number of unbranched alkanes of at least 4 members (excludes halogenated alkanes) is 23. The fourth-order valence-electron chi connectivity index (χ4n) is 5.61. The number of aliphatic hydroxyl groups excluding tert-OH is 3. The maximum Gasteiger partial charge on any atom is 0.220 e. The summed E-state index contributed by atoms with van der Waals surface area (Å²) in [6.07, 6.45) is 31.0. The Morgan fingerprint density at radius 1 is 0.550 bits per heavy atom. The van der Waals surface area contributed by atoms with Crippen LogP contribution in [-0.4, -0.2) is 46.6 Å². The van der Waals surface area contributed by atoms with E-state index in [1.807, 2.05) is 0 Å². The zero-order valence-corrected chi connectivity index (χ0v) is 27.0. The van der Waals surface area contributed by atoms with Crippen LogP contribution in [-0.2, 0) is 4.79 Å². The highest BCUT2D eigenvalue weighted by atomic mass is 16.3. The quantitative estimate of drug-likeness (QED) is 0.0608. The van der Waals surface area contributed by atoms with Gasteiger partial charge >= 0.3 is 0 Å². The molecule has 0 saturated carbocycles. The summed E-state index contributed by atoms with van der Waals surface area (Å²) in [5, 5.41) is 33.5. The average Bonchev–Trinajstić information content (AvgIpc) is 2.96. The number of hydrogen-bond donors (Lipinski definition) is 4. The Bertz CT molecular complexity index is 516. The van der Waals surface area contributed by atoms with Crippen molar-refractivity contribution in [1.82, 2.24) is 5.32 Å². The van der Waals surface area contributed by atoms with Crippen LogP contribution in [0, 0.1) is 5.92 Å². The van der Waals surface area contributed by atoms with Crippen LogP contribution in [0.25, 0.3) is 0 Å². The zero-order valence-electron chi connectivity index (χ0n) is 27.0. The van der Waals surface area contributed by atoms with E-state index in [0.29, 0.717) is 12.8 Å². The van der Waals surface area contributed by atoms with E-state index < -0.39 is 18.1 Å². The van der Waals surface area contributed by atoms with Crippen molar-refractivity contribution in [2.24, 2.45) is 5.92 Å². The molecular weight excluding hydrogens is 498 g/mol. The van der Waals surface area contributed by atoms with Crippen LogP contribution in [0.5, 0.6) is 0 Å². The highest BCUT2D eigenvalue weighted by Crippen LogP contribution is 2.17. The van der Waals surface area contributed by atoms with Gasteiger partial charge in [0.15, 0.2) is 0 Å². The lowest BCUT2D eigenvalue weighted by atomic mass is 9.94. The first kappa shape index (κ1) is 39.4. The summed E-state index contributed by atoms with van der Waals surface area (Å²) in [6, 6.07) is 0. The molecule has 240 valence electrons. The molecule has 0 heterocycles. The highest BCUT2D eigenvalue weighted by Gasteiger charge is 2.25. The monoisotopic (exact) mass is 570 g/mol. The second kappa shape index (κ2) is 31.3. The van der Waals surface area contributed by atoms with Crippen LogP contribution in [0.1, 0.15) is 187 Å². The molecule has 40 heavy (non-hydrogen) atoms. The molecule has 0 spiro atoms. The third-order valence-electron chi connectivity index (χ3n) is 8.53. The minimum absolute atomic E-state index is 0.0239. The van der Waals surface area contributed by atoms with E-state index in [-0.39, 0.29) is 19.1 Å². The Kier molecular flexibility index (Phi) is 30.8. The van der Waals surface area contributed by atoms with Gasteiger partial charge < -0.3 is 20.6 Å². The maximum atomic E-state index is 12.2. The van der Waals surface area contributed by atoms with Gasteiger partial charge in [-0.1, -0.05) is 168 Å². The first-order valence-corrected chi connectivity index (χ1v) is 17.8. The van der Waals surface area contributed by atoms with Crippen LogP contribution in [0.15, 0.2) is 0 Å². The minimum atomic E-state index is -1.01. The Labute approximate surface area is 249 Å². The lowest BCUT2D eigenvalue weighted by molar-refractivity contribution is -0.122. The van der Waals surface area contributed by atoms with Crippen molar-refractivity contribution in [1.29, 1.82) is 0 Å². The molecule has 0 aromatic heterocycles. The summed E-state index contributed by atoms with van der Waals surface area (Å²) in [4.78, 5) is 12.2. The summed E-state index contributed by atoms with van der Waals surface area (Å²) >= 11 is 0. The molecule has 0 aromatic carbocycles. The van der Waals surface area contributed by atoms with E-state index in [1.165, 1.54) is 135 Å². The van der Waals surface area contributed by atoms with Gasteiger partial charge in [0.2, 0.25) is 5.91 Å². The SMILES string of the molecule is CCCCCCCCCCCCCCCC(=O)NC[C@@H](CO)[C@H](O)[C@H](O)CCCCCCCCCCCCCC. The largest absolute Gasteiger partial charge is 0.396 e. The number of aliphatic hydroxyl groups is 3. The van der Waals surface area contributed by atoms with E-state index in [1.54, 1.807) is 0 Å². The molecule has 0 saturated heterocycles. The van der Waals surface area contributed by atoms with Gasteiger partial charge in [-0.15, -0.1) is 0 Å². The normalized spacial score (nSPS) is 13.8. The minimum Gasteiger partial charge on any atom is -0.396 e. The van der Waals surface area contributed by atoms with E-state index in [0.717, 1.165) is 25.7 Å². The number of nitrogens with one attached hydrogen (secondary N) is 1. The van der Waals surface area contributed by atoms with Crippen molar-refractivity contribution in [3.63, 3.8) is 0 Å². The van der Waals surface area contributed by atoms with Crippen molar-refractivity contribution >= 4 is 5.91 Å². The molecule has 3 atom stereocenters. The third-order valence-corrected chi connectivity index (χ3v) is 8.53. The Balaban J connectivity index is 3.67. The van der Waals surface area contributed by atoms with Crippen LogP contribution < -0.4 is 5.32 Å². The van der Waals surface area contributed by atoms with E-state index in [4.69, 9.17) is 0 Å². The predicted molar refractivity (Wildman–Crippen MR) is 172 cm³/mol.